The Labute approximate surface area is 296 Å². The van der Waals surface area contributed by atoms with Gasteiger partial charge in [0, 0.05) is 55.4 Å². The maximum absolute atomic E-state index is 13.0. The molecule has 2 N–H and O–H groups in total. The van der Waals surface area contributed by atoms with Crippen molar-refractivity contribution in [3.63, 3.8) is 0 Å². The second-order valence-electron chi connectivity index (χ2n) is 16.5. The van der Waals surface area contributed by atoms with Crippen LogP contribution in [0, 0.1) is 16.7 Å². The van der Waals surface area contributed by atoms with Crippen LogP contribution in [0.25, 0.3) is 0 Å². The molecule has 1 saturated carbocycles. The van der Waals surface area contributed by atoms with Gasteiger partial charge in [-0.3, -0.25) is 5.32 Å². The molecule has 2 bridgehead atoms. The molecular weight excluding hydrogens is 633 g/mol. The quantitative estimate of drug-likeness (QED) is 0.205. The zero-order valence-corrected chi connectivity index (χ0v) is 32.3. The van der Waals surface area contributed by atoms with Crippen LogP contribution >= 0.6 is 0 Å². The molecule has 2 aromatic rings. The normalized spacial score (nSPS) is 26.2. The lowest BCUT2D eigenvalue weighted by Crippen LogP contribution is -2.75. The van der Waals surface area contributed by atoms with Gasteiger partial charge < -0.3 is 28.6 Å². The Bertz CT molecular complexity index is 1380. The first-order valence-corrected chi connectivity index (χ1v) is 21.2. The third-order valence-corrected chi connectivity index (χ3v) is 15.8. The first kappa shape index (κ1) is 38.0. The number of piperidine rings is 1. The number of likely N-dealkylation sites (tertiary alicyclic amines) is 1. The van der Waals surface area contributed by atoms with Gasteiger partial charge in [-0.2, -0.15) is 0 Å². The fraction of sp³-hybridized carbons (Fsp3) is 0.675. The summed E-state index contributed by atoms with van der Waals surface area (Å²) in [5, 5.41) is 16.0. The largest absolute Gasteiger partial charge is 0.444 e. The monoisotopic (exact) mass is 694 g/mol. The number of ether oxygens (including phenoxy) is 3. The van der Waals surface area contributed by atoms with Crippen molar-refractivity contribution in [1.82, 2.24) is 4.90 Å². The number of carbonyl (C=O) groups is 1. The number of aliphatic hydroxyl groups excluding tert-OH is 1. The number of fused-ring (bicyclic) bond motifs is 2. The first-order valence-electron chi connectivity index (χ1n) is 18.7. The van der Waals surface area contributed by atoms with Crippen molar-refractivity contribution in [2.24, 2.45) is 16.7 Å². The van der Waals surface area contributed by atoms with E-state index in [2.05, 4.69) is 75.2 Å². The number of nitrogens with zero attached hydrogens (tertiary/aromatic N) is 1. The lowest BCUT2D eigenvalue weighted by atomic mass is 9.51. The average Bonchev–Trinajstić information content (AvgIpc) is 3.47. The van der Waals surface area contributed by atoms with Gasteiger partial charge in [-0.05, 0) is 68.4 Å². The second kappa shape index (κ2) is 15.1. The van der Waals surface area contributed by atoms with E-state index in [0.717, 1.165) is 49.6 Å². The summed E-state index contributed by atoms with van der Waals surface area (Å²) < 4.78 is 26.7. The van der Waals surface area contributed by atoms with Crippen LogP contribution in [0.2, 0.25) is 18.1 Å². The Kier molecular flexibility index (Phi) is 11.7. The van der Waals surface area contributed by atoms with Crippen LogP contribution in [0.15, 0.2) is 54.6 Å². The molecule has 272 valence electrons. The first-order chi connectivity index (χ1) is 23.2. The lowest BCUT2D eigenvalue weighted by molar-refractivity contribution is -0.300. The van der Waals surface area contributed by atoms with E-state index in [1.807, 2.05) is 45.0 Å². The summed E-state index contributed by atoms with van der Waals surface area (Å²) in [6.07, 6.45) is 0.930. The smallest absolute Gasteiger partial charge is 0.412 e. The number of hydrogen-bond donors (Lipinski definition) is 2. The number of nitrogens with one attached hydrogen (secondary N) is 1. The van der Waals surface area contributed by atoms with Gasteiger partial charge >= 0.3 is 6.09 Å². The molecule has 2 heterocycles. The van der Waals surface area contributed by atoms with Crippen LogP contribution in [-0.4, -0.2) is 80.9 Å². The fourth-order valence-electron chi connectivity index (χ4n) is 9.19. The molecule has 9 heteroatoms. The highest BCUT2D eigenvalue weighted by atomic mass is 28.4. The van der Waals surface area contributed by atoms with Crippen molar-refractivity contribution < 1.29 is 28.5 Å². The number of para-hydroxylation sites is 1. The molecule has 1 amide bonds. The van der Waals surface area contributed by atoms with Crippen LogP contribution < -0.4 is 5.32 Å². The Balaban J connectivity index is 1.65. The summed E-state index contributed by atoms with van der Waals surface area (Å²) in [6, 6.07) is 21.6. The molecule has 2 saturated heterocycles. The molecule has 3 fully saturated rings. The third-order valence-electron chi connectivity index (χ3n) is 11.2. The summed E-state index contributed by atoms with van der Waals surface area (Å²) in [5.74, 6) is -0.328. The maximum Gasteiger partial charge on any atom is 0.412 e. The number of hydrogen-bond acceptors (Lipinski definition) is 7. The van der Waals surface area contributed by atoms with Gasteiger partial charge in [-0.1, -0.05) is 83.1 Å². The molecule has 8 nitrogen and oxygen atoms in total. The van der Waals surface area contributed by atoms with Gasteiger partial charge in [0.25, 0.3) is 0 Å². The molecule has 2 aliphatic heterocycles. The number of carbonyl (C=O) groups excluding carboxylic acids is 1. The predicted octanol–water partition coefficient (Wildman–Crippen LogP) is 8.05. The molecule has 0 aromatic heterocycles. The number of benzene rings is 2. The van der Waals surface area contributed by atoms with E-state index in [9.17, 15) is 9.90 Å². The van der Waals surface area contributed by atoms with Gasteiger partial charge in [0.1, 0.15) is 5.60 Å². The third kappa shape index (κ3) is 8.45. The van der Waals surface area contributed by atoms with Crippen molar-refractivity contribution in [3.05, 3.63) is 65.7 Å². The number of amides is 1. The van der Waals surface area contributed by atoms with E-state index < -0.39 is 37.3 Å². The van der Waals surface area contributed by atoms with Crippen molar-refractivity contribution >= 4 is 20.1 Å². The number of aliphatic hydroxyl groups is 1. The van der Waals surface area contributed by atoms with E-state index in [-0.39, 0.29) is 11.5 Å². The van der Waals surface area contributed by atoms with Crippen LogP contribution in [0.4, 0.5) is 10.5 Å². The average molecular weight is 695 g/mol. The minimum Gasteiger partial charge on any atom is -0.444 e. The van der Waals surface area contributed by atoms with Crippen molar-refractivity contribution in [1.29, 1.82) is 0 Å². The van der Waals surface area contributed by atoms with E-state index in [0.29, 0.717) is 44.2 Å². The molecule has 1 spiro atoms. The molecule has 3 aliphatic rings. The summed E-state index contributed by atoms with van der Waals surface area (Å²) in [4.78, 5) is 15.5. The minimum atomic E-state index is -2.17. The van der Waals surface area contributed by atoms with Gasteiger partial charge in [0.2, 0.25) is 0 Å². The molecule has 2 aromatic carbocycles. The number of rotatable bonds is 13. The van der Waals surface area contributed by atoms with E-state index in [1.165, 1.54) is 5.56 Å². The Hall–Kier alpha value is -2.27. The minimum absolute atomic E-state index is 0.200. The summed E-state index contributed by atoms with van der Waals surface area (Å²) in [7, 11) is -2.17. The van der Waals surface area contributed by atoms with Crippen LogP contribution in [0.3, 0.4) is 0 Å². The van der Waals surface area contributed by atoms with Crippen LogP contribution in [-0.2, 0) is 31.5 Å². The Morgan fingerprint density at radius 1 is 0.980 bits per heavy atom. The molecule has 49 heavy (non-hydrogen) atoms. The maximum atomic E-state index is 13.0. The Morgan fingerprint density at radius 2 is 1.61 bits per heavy atom. The highest BCUT2D eigenvalue weighted by Gasteiger charge is 2.69. The van der Waals surface area contributed by atoms with E-state index in [1.54, 1.807) is 0 Å². The summed E-state index contributed by atoms with van der Waals surface area (Å²) in [6.45, 7) is 20.6. The lowest BCUT2D eigenvalue weighted by Gasteiger charge is -2.67. The van der Waals surface area contributed by atoms with Gasteiger partial charge in [0.05, 0.1) is 25.4 Å². The number of anilines is 1. The van der Waals surface area contributed by atoms with Crippen LogP contribution in [0.1, 0.15) is 79.4 Å². The highest BCUT2D eigenvalue weighted by Crippen LogP contribution is 2.61. The SMILES string of the molecule is CC[Si](CC)(CC)OC1C2(Cc3ccccc3)CN(CC(C)C)CC1(C(O)Cc1ccccc1NC(=O)OC(C)(C)C)CC1(C2)OCCO1. The Morgan fingerprint density at radius 3 is 2.22 bits per heavy atom. The van der Waals surface area contributed by atoms with Crippen molar-refractivity contribution in [2.45, 2.75) is 123 Å². The van der Waals surface area contributed by atoms with Crippen LogP contribution in [0.5, 0.6) is 0 Å². The van der Waals surface area contributed by atoms with Gasteiger partial charge in [-0.25, -0.2) is 4.79 Å². The molecule has 4 unspecified atom stereocenters. The molecule has 4 atom stereocenters. The topological polar surface area (TPSA) is 89.5 Å². The summed E-state index contributed by atoms with van der Waals surface area (Å²) in [5.41, 5.74) is 1.10. The molecular formula is C40H62N2O6Si. The van der Waals surface area contributed by atoms with Crippen molar-refractivity contribution in [2.75, 3.05) is 38.2 Å². The van der Waals surface area contributed by atoms with Crippen molar-refractivity contribution in [3.8, 4) is 0 Å². The van der Waals surface area contributed by atoms with Gasteiger partial charge in [-0.15, -0.1) is 0 Å². The molecule has 1 aliphatic carbocycles. The zero-order chi connectivity index (χ0) is 35.5. The standard InChI is InChI=1S/C40H62N2O6Si/c1-9-49(10-2,11-3)48-35-38(24-31-17-13-12-14-18-31)26-40(45-21-22-46-40)27-39(35,29-42(28-38)25-30(4)5)34(43)23-32-19-15-16-20-33(32)41-36(44)47-37(6,7)8/h12-20,30,34-35,43H,9-11,21-29H2,1-8H3,(H,41,44). The molecule has 0 radical (unpaired) electrons. The predicted molar refractivity (Wildman–Crippen MR) is 198 cm³/mol. The van der Waals surface area contributed by atoms with E-state index >= 15 is 0 Å². The fourth-order valence-corrected chi connectivity index (χ4v) is 12.2. The van der Waals surface area contributed by atoms with Gasteiger partial charge in [0.15, 0.2) is 14.1 Å². The highest BCUT2D eigenvalue weighted by molar-refractivity contribution is 6.73. The van der Waals surface area contributed by atoms with E-state index in [4.69, 9.17) is 18.6 Å². The summed E-state index contributed by atoms with van der Waals surface area (Å²) >= 11 is 0. The molecule has 5 rings (SSSR count). The zero-order valence-electron chi connectivity index (χ0n) is 31.3. The second-order valence-corrected chi connectivity index (χ2v) is 21.3.